The molecule has 0 spiro atoms. The van der Waals surface area contributed by atoms with Crippen LogP contribution in [0.3, 0.4) is 0 Å². The topological polar surface area (TPSA) is 83.7 Å². The van der Waals surface area contributed by atoms with E-state index in [-0.39, 0.29) is 24.7 Å². The van der Waals surface area contributed by atoms with Gasteiger partial charge in [0.2, 0.25) is 0 Å². The molecular formula is C17H24N2O4. The zero-order chi connectivity index (χ0) is 16.8. The lowest BCUT2D eigenvalue weighted by molar-refractivity contribution is 0.211. The molecule has 1 aromatic heterocycles. The third-order valence-electron chi connectivity index (χ3n) is 3.65. The van der Waals surface area contributed by atoms with Crippen LogP contribution in [0.5, 0.6) is 5.75 Å². The summed E-state index contributed by atoms with van der Waals surface area (Å²) < 4.78 is 11.4. The van der Waals surface area contributed by atoms with Crippen molar-refractivity contribution in [2.24, 2.45) is 0 Å². The van der Waals surface area contributed by atoms with Gasteiger partial charge in [-0.3, -0.25) is 0 Å². The smallest absolute Gasteiger partial charge is 0.315 e. The summed E-state index contributed by atoms with van der Waals surface area (Å²) >= 11 is 0. The van der Waals surface area contributed by atoms with E-state index >= 15 is 0 Å². The molecule has 2 unspecified atom stereocenters. The van der Waals surface area contributed by atoms with Crippen molar-refractivity contribution in [1.29, 1.82) is 0 Å². The van der Waals surface area contributed by atoms with E-state index in [4.69, 9.17) is 14.3 Å². The van der Waals surface area contributed by atoms with Crippen LogP contribution in [0, 0.1) is 0 Å². The van der Waals surface area contributed by atoms with Crippen molar-refractivity contribution in [3.63, 3.8) is 0 Å². The molecule has 6 nitrogen and oxygen atoms in total. The Morgan fingerprint density at radius 3 is 2.78 bits per heavy atom. The van der Waals surface area contributed by atoms with E-state index in [1.807, 2.05) is 45.0 Å². The number of urea groups is 1. The van der Waals surface area contributed by atoms with Gasteiger partial charge >= 0.3 is 6.03 Å². The van der Waals surface area contributed by atoms with Crippen molar-refractivity contribution in [3.05, 3.63) is 30.0 Å². The van der Waals surface area contributed by atoms with Crippen LogP contribution in [0.15, 0.2) is 28.7 Å². The molecule has 1 heterocycles. The van der Waals surface area contributed by atoms with Crippen molar-refractivity contribution < 1.29 is 19.1 Å². The fraction of sp³-hybridized carbons (Fsp3) is 0.471. The molecule has 3 N–H and O–H groups in total. The zero-order valence-electron chi connectivity index (χ0n) is 13.8. The SMILES string of the molecule is CCOc1cccc2cc(C(C)NC(=O)NC(CC)CO)oc12. The molecule has 2 amide bonds. The second-order valence-electron chi connectivity index (χ2n) is 5.38. The van der Waals surface area contributed by atoms with Crippen molar-refractivity contribution in [2.45, 2.75) is 39.3 Å². The normalized spacial score (nSPS) is 13.6. The van der Waals surface area contributed by atoms with Gasteiger partial charge in [0.15, 0.2) is 11.3 Å². The Labute approximate surface area is 135 Å². The van der Waals surface area contributed by atoms with Gasteiger partial charge in [-0.15, -0.1) is 0 Å². The van der Waals surface area contributed by atoms with Crippen LogP contribution in [0.2, 0.25) is 0 Å². The molecule has 23 heavy (non-hydrogen) atoms. The lowest BCUT2D eigenvalue weighted by Gasteiger charge is -2.17. The molecule has 0 aliphatic heterocycles. The van der Waals surface area contributed by atoms with Gasteiger partial charge in [0.05, 0.1) is 25.3 Å². The van der Waals surface area contributed by atoms with E-state index in [1.54, 1.807) is 0 Å². The van der Waals surface area contributed by atoms with Crippen LogP contribution in [-0.4, -0.2) is 30.4 Å². The number of para-hydroxylation sites is 1. The first-order valence-electron chi connectivity index (χ1n) is 7.92. The number of ether oxygens (including phenoxy) is 1. The highest BCUT2D eigenvalue weighted by atomic mass is 16.5. The minimum atomic E-state index is -0.330. The Bertz CT molecular complexity index is 649. The number of aliphatic hydroxyl groups is 1. The first-order chi connectivity index (χ1) is 11.1. The lowest BCUT2D eigenvalue weighted by atomic mass is 10.2. The Morgan fingerprint density at radius 1 is 1.35 bits per heavy atom. The van der Waals surface area contributed by atoms with E-state index in [1.165, 1.54) is 0 Å². The molecule has 0 saturated carbocycles. The Kier molecular flexibility index (Phi) is 5.87. The summed E-state index contributed by atoms with van der Waals surface area (Å²) in [7, 11) is 0. The van der Waals surface area contributed by atoms with Crippen molar-refractivity contribution >= 4 is 17.0 Å². The molecule has 2 rings (SSSR count). The second-order valence-corrected chi connectivity index (χ2v) is 5.38. The first kappa shape index (κ1) is 17.1. The third-order valence-corrected chi connectivity index (χ3v) is 3.65. The molecule has 0 radical (unpaired) electrons. The summed E-state index contributed by atoms with van der Waals surface area (Å²) in [6, 6.07) is 6.73. The average molecular weight is 320 g/mol. The summed E-state index contributed by atoms with van der Waals surface area (Å²) in [5.41, 5.74) is 0.681. The average Bonchev–Trinajstić information content (AvgIpc) is 2.98. The van der Waals surface area contributed by atoms with Crippen LogP contribution >= 0.6 is 0 Å². The first-order valence-corrected chi connectivity index (χ1v) is 7.92. The maximum atomic E-state index is 11.9. The molecule has 0 fully saturated rings. The van der Waals surface area contributed by atoms with Gasteiger partial charge in [-0.25, -0.2) is 4.79 Å². The molecule has 0 saturated heterocycles. The summed E-state index contributed by atoms with van der Waals surface area (Å²) in [5.74, 6) is 1.35. The van der Waals surface area contributed by atoms with Gasteiger partial charge in [0.25, 0.3) is 0 Å². The summed E-state index contributed by atoms with van der Waals surface area (Å²) in [5, 5.41) is 15.6. The van der Waals surface area contributed by atoms with E-state index in [9.17, 15) is 4.79 Å². The Morgan fingerprint density at radius 2 is 2.13 bits per heavy atom. The number of hydrogen-bond donors (Lipinski definition) is 3. The van der Waals surface area contributed by atoms with Gasteiger partial charge in [-0.05, 0) is 32.4 Å². The number of rotatable bonds is 7. The molecular weight excluding hydrogens is 296 g/mol. The highest BCUT2D eigenvalue weighted by molar-refractivity contribution is 5.84. The Balaban J connectivity index is 2.10. The van der Waals surface area contributed by atoms with Crippen LogP contribution < -0.4 is 15.4 Å². The Hall–Kier alpha value is -2.21. The molecule has 126 valence electrons. The predicted octanol–water partition coefficient (Wildman–Crippen LogP) is 2.96. The van der Waals surface area contributed by atoms with Crippen LogP contribution in [0.1, 0.15) is 39.0 Å². The van der Waals surface area contributed by atoms with Crippen molar-refractivity contribution in [1.82, 2.24) is 10.6 Å². The van der Waals surface area contributed by atoms with Gasteiger partial charge in [-0.1, -0.05) is 19.1 Å². The quantitative estimate of drug-likeness (QED) is 0.732. The number of hydrogen-bond acceptors (Lipinski definition) is 4. The third kappa shape index (κ3) is 4.16. The number of nitrogens with one attached hydrogen (secondary N) is 2. The van der Waals surface area contributed by atoms with Crippen molar-refractivity contribution in [3.8, 4) is 5.75 Å². The zero-order valence-corrected chi connectivity index (χ0v) is 13.8. The number of carbonyl (C=O) groups is 1. The standard InChI is InChI=1S/C17H24N2O4/c1-4-13(10-20)19-17(21)18-11(3)15-9-12-7-6-8-14(22-5-2)16(12)23-15/h6-9,11,13,20H,4-5,10H2,1-3H3,(H2,18,19,21). The van der Waals surface area contributed by atoms with E-state index < -0.39 is 0 Å². The van der Waals surface area contributed by atoms with Crippen molar-refractivity contribution in [2.75, 3.05) is 13.2 Å². The lowest BCUT2D eigenvalue weighted by Crippen LogP contribution is -2.44. The predicted molar refractivity (Wildman–Crippen MR) is 88.6 cm³/mol. The van der Waals surface area contributed by atoms with Crippen LogP contribution in [0.4, 0.5) is 4.79 Å². The van der Waals surface area contributed by atoms with E-state index in [0.29, 0.717) is 30.1 Å². The van der Waals surface area contributed by atoms with Crippen LogP contribution in [0.25, 0.3) is 11.0 Å². The van der Waals surface area contributed by atoms with Crippen LogP contribution in [-0.2, 0) is 0 Å². The fourth-order valence-corrected chi connectivity index (χ4v) is 2.31. The van der Waals surface area contributed by atoms with Gasteiger partial charge in [0, 0.05) is 5.39 Å². The highest BCUT2D eigenvalue weighted by Gasteiger charge is 2.17. The molecule has 1 aromatic carbocycles. The minimum Gasteiger partial charge on any atom is -0.490 e. The van der Waals surface area contributed by atoms with Gasteiger partial charge < -0.3 is 24.9 Å². The number of furan rings is 1. The summed E-state index contributed by atoms with van der Waals surface area (Å²) in [6.45, 7) is 6.14. The monoisotopic (exact) mass is 320 g/mol. The number of aliphatic hydroxyl groups excluding tert-OH is 1. The van der Waals surface area contributed by atoms with E-state index in [0.717, 1.165) is 5.39 Å². The maximum absolute atomic E-state index is 11.9. The molecule has 2 aromatic rings. The maximum Gasteiger partial charge on any atom is 0.315 e. The number of benzene rings is 1. The molecule has 6 heteroatoms. The van der Waals surface area contributed by atoms with Gasteiger partial charge in [0.1, 0.15) is 5.76 Å². The number of carbonyl (C=O) groups excluding carboxylic acids is 1. The number of amides is 2. The molecule has 0 bridgehead atoms. The minimum absolute atomic E-state index is 0.0827. The fourth-order valence-electron chi connectivity index (χ4n) is 2.31. The van der Waals surface area contributed by atoms with E-state index in [2.05, 4.69) is 10.6 Å². The molecule has 2 atom stereocenters. The highest BCUT2D eigenvalue weighted by Crippen LogP contribution is 2.31. The largest absolute Gasteiger partial charge is 0.490 e. The summed E-state index contributed by atoms with van der Waals surface area (Å²) in [4.78, 5) is 11.9. The summed E-state index contributed by atoms with van der Waals surface area (Å²) in [6.07, 6.45) is 0.667. The molecule has 0 aliphatic rings. The number of fused-ring (bicyclic) bond motifs is 1. The second kappa shape index (κ2) is 7.87. The van der Waals surface area contributed by atoms with Gasteiger partial charge in [-0.2, -0.15) is 0 Å². The molecule has 0 aliphatic carbocycles.